The van der Waals surface area contributed by atoms with Gasteiger partial charge in [-0.3, -0.25) is 9.30 Å². The van der Waals surface area contributed by atoms with Gasteiger partial charge in [0.1, 0.15) is 0 Å². The first kappa shape index (κ1) is 14.2. The van der Waals surface area contributed by atoms with Crippen LogP contribution in [0.3, 0.4) is 0 Å². The quantitative estimate of drug-likeness (QED) is 0.732. The Hall–Kier alpha value is -2.41. The number of rotatable bonds is 4. The molecule has 7 heteroatoms. The van der Waals surface area contributed by atoms with E-state index in [0.717, 1.165) is 37.4 Å². The third-order valence-corrected chi connectivity index (χ3v) is 4.43. The van der Waals surface area contributed by atoms with Crippen molar-refractivity contribution in [2.24, 2.45) is 0 Å². The van der Waals surface area contributed by atoms with Gasteiger partial charge < -0.3 is 4.52 Å². The van der Waals surface area contributed by atoms with Crippen LogP contribution in [-0.4, -0.2) is 37.3 Å². The van der Waals surface area contributed by atoms with Gasteiger partial charge in [-0.1, -0.05) is 11.2 Å². The second-order valence-electron chi connectivity index (χ2n) is 6.00. The minimum absolute atomic E-state index is 0.0909. The first-order chi connectivity index (χ1) is 11.2. The molecule has 4 heterocycles. The lowest BCUT2D eigenvalue weighted by Crippen LogP contribution is -2.31. The lowest BCUT2D eigenvalue weighted by molar-refractivity contribution is 0.204. The number of hydrogen-bond donors (Lipinski definition) is 0. The molecular formula is C16H19N5O2. The second kappa shape index (κ2) is 5.66. The molecule has 1 atom stereocenters. The molecule has 3 aromatic rings. The highest BCUT2D eigenvalue weighted by Gasteiger charge is 2.28. The Labute approximate surface area is 133 Å². The summed E-state index contributed by atoms with van der Waals surface area (Å²) in [6.45, 7) is 4.29. The molecule has 0 bridgehead atoms. The molecule has 0 aromatic carbocycles. The summed E-state index contributed by atoms with van der Waals surface area (Å²) in [5.41, 5.74) is 1.50. The van der Waals surface area contributed by atoms with Crippen molar-refractivity contribution >= 4 is 5.65 Å². The molecule has 120 valence electrons. The van der Waals surface area contributed by atoms with Crippen molar-refractivity contribution in [3.8, 4) is 0 Å². The molecule has 7 nitrogen and oxygen atoms in total. The zero-order chi connectivity index (χ0) is 15.8. The van der Waals surface area contributed by atoms with E-state index in [1.807, 2.05) is 31.2 Å². The van der Waals surface area contributed by atoms with Crippen LogP contribution in [-0.2, 0) is 6.54 Å². The lowest BCUT2D eigenvalue weighted by atomic mass is 10.1. The number of pyridine rings is 1. The van der Waals surface area contributed by atoms with Crippen LogP contribution < -0.4 is 5.69 Å². The SMILES string of the molecule is Cc1cc(C2CCCN2CCn2nc3ccccn3c2=O)on1. The van der Waals surface area contributed by atoms with Gasteiger partial charge in [-0.25, -0.2) is 9.48 Å². The molecule has 1 saturated heterocycles. The van der Waals surface area contributed by atoms with Gasteiger partial charge in [0.2, 0.25) is 0 Å². The maximum absolute atomic E-state index is 12.3. The fourth-order valence-electron chi connectivity index (χ4n) is 3.29. The number of hydrogen-bond acceptors (Lipinski definition) is 5. The largest absolute Gasteiger partial charge is 0.359 e. The summed E-state index contributed by atoms with van der Waals surface area (Å²) in [5.74, 6) is 0.919. The van der Waals surface area contributed by atoms with Crippen molar-refractivity contribution in [3.05, 3.63) is 52.4 Å². The maximum Gasteiger partial charge on any atom is 0.350 e. The van der Waals surface area contributed by atoms with E-state index in [4.69, 9.17) is 4.52 Å². The molecule has 0 spiro atoms. The second-order valence-corrected chi connectivity index (χ2v) is 6.00. The average Bonchev–Trinajstić information content (AvgIpc) is 3.25. The van der Waals surface area contributed by atoms with Gasteiger partial charge in [0.15, 0.2) is 11.4 Å². The summed E-state index contributed by atoms with van der Waals surface area (Å²) >= 11 is 0. The highest BCUT2D eigenvalue weighted by atomic mass is 16.5. The van der Waals surface area contributed by atoms with Crippen molar-refractivity contribution in [1.29, 1.82) is 0 Å². The van der Waals surface area contributed by atoms with Crippen LogP contribution in [0.25, 0.3) is 5.65 Å². The molecule has 1 fully saturated rings. The van der Waals surface area contributed by atoms with Crippen LogP contribution in [0, 0.1) is 6.92 Å². The zero-order valence-electron chi connectivity index (χ0n) is 13.1. The molecule has 4 rings (SSSR count). The van der Waals surface area contributed by atoms with E-state index < -0.39 is 0 Å². The number of fused-ring (bicyclic) bond motifs is 1. The number of likely N-dealkylation sites (tertiary alicyclic amines) is 1. The molecule has 0 radical (unpaired) electrons. The Morgan fingerprint density at radius 1 is 1.35 bits per heavy atom. The van der Waals surface area contributed by atoms with Crippen LogP contribution in [0.5, 0.6) is 0 Å². The first-order valence-electron chi connectivity index (χ1n) is 7.94. The number of aryl methyl sites for hydroxylation is 1. The van der Waals surface area contributed by atoms with Crippen molar-refractivity contribution in [2.75, 3.05) is 13.1 Å². The third-order valence-electron chi connectivity index (χ3n) is 4.43. The van der Waals surface area contributed by atoms with E-state index in [2.05, 4.69) is 15.2 Å². The lowest BCUT2D eigenvalue weighted by Gasteiger charge is -2.21. The topological polar surface area (TPSA) is 68.6 Å². The van der Waals surface area contributed by atoms with E-state index in [1.165, 1.54) is 4.68 Å². The predicted molar refractivity (Wildman–Crippen MR) is 84.2 cm³/mol. The monoisotopic (exact) mass is 313 g/mol. The van der Waals surface area contributed by atoms with Gasteiger partial charge >= 0.3 is 5.69 Å². The Balaban J connectivity index is 1.51. The molecule has 3 aromatic heterocycles. The zero-order valence-corrected chi connectivity index (χ0v) is 13.1. The Bertz CT molecular complexity index is 878. The van der Waals surface area contributed by atoms with Crippen molar-refractivity contribution in [3.63, 3.8) is 0 Å². The van der Waals surface area contributed by atoms with Gasteiger partial charge in [-0.05, 0) is 38.4 Å². The van der Waals surface area contributed by atoms with Crippen LogP contribution in [0.4, 0.5) is 0 Å². The molecular weight excluding hydrogens is 294 g/mol. The van der Waals surface area contributed by atoms with Gasteiger partial charge in [0.05, 0.1) is 18.3 Å². The Morgan fingerprint density at radius 2 is 2.26 bits per heavy atom. The molecule has 0 aliphatic carbocycles. The van der Waals surface area contributed by atoms with Crippen LogP contribution in [0.15, 0.2) is 39.8 Å². The minimum atomic E-state index is -0.0909. The number of nitrogens with zero attached hydrogens (tertiary/aromatic N) is 5. The fourth-order valence-corrected chi connectivity index (χ4v) is 3.29. The van der Waals surface area contributed by atoms with Crippen molar-refractivity contribution in [1.82, 2.24) is 24.2 Å². The maximum atomic E-state index is 12.3. The summed E-state index contributed by atoms with van der Waals surface area (Å²) in [7, 11) is 0. The summed E-state index contributed by atoms with van der Waals surface area (Å²) < 4.78 is 8.53. The van der Waals surface area contributed by atoms with Crippen molar-refractivity contribution < 1.29 is 4.52 Å². The first-order valence-corrected chi connectivity index (χ1v) is 7.94. The minimum Gasteiger partial charge on any atom is -0.359 e. The van der Waals surface area contributed by atoms with Crippen molar-refractivity contribution in [2.45, 2.75) is 32.4 Å². The normalized spacial score (nSPS) is 18.9. The molecule has 1 aliphatic heterocycles. The van der Waals surface area contributed by atoms with E-state index in [0.29, 0.717) is 12.2 Å². The Kier molecular flexibility index (Phi) is 3.49. The third kappa shape index (κ3) is 2.57. The average molecular weight is 313 g/mol. The fraction of sp³-hybridized carbons (Fsp3) is 0.438. The van der Waals surface area contributed by atoms with Crippen LogP contribution in [0.2, 0.25) is 0 Å². The molecule has 1 aliphatic rings. The van der Waals surface area contributed by atoms with Crippen LogP contribution in [0.1, 0.15) is 30.3 Å². The molecule has 23 heavy (non-hydrogen) atoms. The van der Waals surface area contributed by atoms with E-state index in [1.54, 1.807) is 10.6 Å². The molecule has 0 N–H and O–H groups in total. The highest BCUT2D eigenvalue weighted by Crippen LogP contribution is 2.31. The molecule has 0 saturated carbocycles. The van der Waals surface area contributed by atoms with E-state index >= 15 is 0 Å². The smallest absolute Gasteiger partial charge is 0.350 e. The molecule has 0 amide bonds. The van der Waals surface area contributed by atoms with E-state index in [9.17, 15) is 4.79 Å². The number of aromatic nitrogens is 4. The Morgan fingerprint density at radius 3 is 3.04 bits per heavy atom. The summed E-state index contributed by atoms with van der Waals surface area (Å²) in [6, 6.07) is 7.82. The van der Waals surface area contributed by atoms with Gasteiger partial charge in [-0.15, -0.1) is 5.10 Å². The molecule has 1 unspecified atom stereocenters. The van der Waals surface area contributed by atoms with E-state index in [-0.39, 0.29) is 11.7 Å². The highest BCUT2D eigenvalue weighted by molar-refractivity contribution is 5.35. The summed E-state index contributed by atoms with van der Waals surface area (Å²) in [5, 5.41) is 8.36. The standard InChI is InChI=1S/C16H19N5O2/c1-12-11-14(23-18-12)13-5-4-7-19(13)9-10-21-16(22)20-8-3-2-6-15(20)17-21/h2-3,6,8,11,13H,4-5,7,9-10H2,1H3. The van der Waals surface area contributed by atoms with Crippen LogP contribution >= 0.6 is 0 Å². The van der Waals surface area contributed by atoms with Gasteiger partial charge in [-0.2, -0.15) is 0 Å². The predicted octanol–water partition coefficient (Wildman–Crippen LogP) is 1.63. The summed E-state index contributed by atoms with van der Waals surface area (Å²) in [6.07, 6.45) is 3.94. The van der Waals surface area contributed by atoms with Gasteiger partial charge in [0.25, 0.3) is 0 Å². The summed E-state index contributed by atoms with van der Waals surface area (Å²) in [4.78, 5) is 14.6. The van der Waals surface area contributed by atoms with Gasteiger partial charge in [0, 0.05) is 18.8 Å².